The number of nitrogens with zero attached hydrogens (tertiary/aromatic N) is 4. The Morgan fingerprint density at radius 3 is 2.29 bits per heavy atom. The van der Waals surface area contributed by atoms with Crippen LogP contribution in [0.3, 0.4) is 0 Å². The Hall–Kier alpha value is -3.77. The molecule has 0 unspecified atom stereocenters. The van der Waals surface area contributed by atoms with Crippen molar-refractivity contribution in [3.63, 3.8) is 0 Å². The van der Waals surface area contributed by atoms with Crippen LogP contribution in [0.2, 0.25) is 0 Å². The highest BCUT2D eigenvalue weighted by Crippen LogP contribution is 2.36. The van der Waals surface area contributed by atoms with Crippen molar-refractivity contribution in [1.29, 1.82) is 0 Å². The van der Waals surface area contributed by atoms with E-state index in [1.807, 2.05) is 0 Å². The molecular weight excluding hydrogens is 512 g/mol. The van der Waals surface area contributed by atoms with Gasteiger partial charge < -0.3 is 10.1 Å². The van der Waals surface area contributed by atoms with Gasteiger partial charge in [-0.2, -0.15) is 26.3 Å². The molecule has 0 radical (unpaired) electrons. The fraction of sp³-hybridized carbons (Fsp3) is 0.269. The molecule has 1 aliphatic heterocycles. The van der Waals surface area contributed by atoms with Gasteiger partial charge in [0.2, 0.25) is 0 Å². The quantitative estimate of drug-likeness (QED) is 0.304. The highest BCUT2D eigenvalue weighted by Gasteiger charge is 2.35. The molecule has 0 atom stereocenters. The molecule has 0 amide bonds. The van der Waals surface area contributed by atoms with Crippen LogP contribution in [0.25, 0.3) is 22.4 Å². The van der Waals surface area contributed by atoms with Crippen molar-refractivity contribution in [3.8, 4) is 11.4 Å². The molecule has 0 saturated carbocycles. The lowest BCUT2D eigenvalue weighted by atomic mass is 10.1. The Kier molecular flexibility index (Phi) is 6.93. The Balaban J connectivity index is 1.57. The number of morpholine rings is 1. The molecule has 5 rings (SSSR count). The summed E-state index contributed by atoms with van der Waals surface area (Å²) in [5.41, 5.74) is -0.333. The van der Waals surface area contributed by atoms with Gasteiger partial charge in [0.15, 0.2) is 5.65 Å². The van der Waals surface area contributed by atoms with E-state index < -0.39 is 23.5 Å². The van der Waals surface area contributed by atoms with E-state index in [1.54, 1.807) is 12.1 Å². The maximum absolute atomic E-state index is 13.6. The summed E-state index contributed by atoms with van der Waals surface area (Å²) >= 11 is 0. The van der Waals surface area contributed by atoms with E-state index in [0.717, 1.165) is 18.2 Å². The second kappa shape index (κ2) is 10.2. The minimum atomic E-state index is -4.62. The molecule has 4 heterocycles. The van der Waals surface area contributed by atoms with Crippen LogP contribution < -0.4 is 5.32 Å². The molecule has 4 aromatic rings. The number of nitrogens with one attached hydrogen (secondary N) is 1. The van der Waals surface area contributed by atoms with Crippen LogP contribution in [0.1, 0.15) is 16.8 Å². The molecule has 6 nitrogen and oxygen atoms in total. The molecule has 1 N–H and O–H groups in total. The van der Waals surface area contributed by atoms with Gasteiger partial charge in [0.1, 0.15) is 5.69 Å². The monoisotopic (exact) mass is 533 g/mol. The van der Waals surface area contributed by atoms with Crippen LogP contribution in [0.15, 0.2) is 60.8 Å². The van der Waals surface area contributed by atoms with E-state index >= 15 is 0 Å². The number of aromatic nitrogens is 3. The first-order valence-corrected chi connectivity index (χ1v) is 11.7. The maximum Gasteiger partial charge on any atom is 0.418 e. The van der Waals surface area contributed by atoms with Gasteiger partial charge in [-0.05, 0) is 54.6 Å². The molecule has 0 spiro atoms. The highest BCUT2D eigenvalue weighted by molar-refractivity contribution is 5.92. The third-order valence-electron chi connectivity index (χ3n) is 6.06. The smallest absolute Gasteiger partial charge is 0.379 e. The van der Waals surface area contributed by atoms with Crippen molar-refractivity contribution in [2.45, 2.75) is 18.9 Å². The van der Waals surface area contributed by atoms with Crippen molar-refractivity contribution >= 4 is 22.4 Å². The molecule has 1 saturated heterocycles. The second-order valence-electron chi connectivity index (χ2n) is 8.71. The summed E-state index contributed by atoms with van der Waals surface area (Å²) in [6, 6.07) is 11.5. The van der Waals surface area contributed by atoms with Gasteiger partial charge in [0.05, 0.1) is 41.4 Å². The fourth-order valence-electron chi connectivity index (χ4n) is 4.20. The summed E-state index contributed by atoms with van der Waals surface area (Å²) in [4.78, 5) is 15.1. The van der Waals surface area contributed by atoms with Crippen LogP contribution in [0.5, 0.6) is 0 Å². The number of alkyl halides is 6. The highest BCUT2D eigenvalue weighted by atomic mass is 19.4. The minimum absolute atomic E-state index is 0.00178. The van der Waals surface area contributed by atoms with E-state index in [-0.39, 0.29) is 17.0 Å². The van der Waals surface area contributed by atoms with Crippen molar-refractivity contribution < 1.29 is 31.1 Å². The normalized spacial score (nSPS) is 15.1. The van der Waals surface area contributed by atoms with Crippen molar-refractivity contribution in [2.75, 3.05) is 31.6 Å². The first-order valence-electron chi connectivity index (χ1n) is 11.7. The van der Waals surface area contributed by atoms with Crippen LogP contribution in [-0.2, 0) is 23.6 Å². The number of ether oxygens (including phenoxy) is 1. The zero-order valence-corrected chi connectivity index (χ0v) is 19.8. The number of fused-ring (bicyclic) bond motifs is 1. The summed E-state index contributed by atoms with van der Waals surface area (Å²) < 4.78 is 85.1. The van der Waals surface area contributed by atoms with Gasteiger partial charge in [0.25, 0.3) is 0 Å². The molecule has 38 heavy (non-hydrogen) atoms. The van der Waals surface area contributed by atoms with Crippen LogP contribution in [-0.4, -0.2) is 46.2 Å². The topological polar surface area (TPSA) is 63.2 Å². The lowest BCUT2D eigenvalue weighted by Gasteiger charge is -2.26. The lowest BCUT2D eigenvalue weighted by molar-refractivity contribution is -0.138. The Bertz CT molecular complexity index is 1430. The predicted molar refractivity (Wildman–Crippen MR) is 129 cm³/mol. The van der Waals surface area contributed by atoms with E-state index in [2.05, 4.69) is 25.2 Å². The number of halogens is 6. The first kappa shape index (κ1) is 25.9. The fourth-order valence-corrected chi connectivity index (χ4v) is 4.20. The number of anilines is 2. The lowest BCUT2D eigenvalue weighted by Crippen LogP contribution is -2.35. The third-order valence-corrected chi connectivity index (χ3v) is 6.06. The molecule has 0 aliphatic carbocycles. The zero-order valence-electron chi connectivity index (χ0n) is 19.8. The van der Waals surface area contributed by atoms with Crippen molar-refractivity contribution in [2.24, 2.45) is 0 Å². The van der Waals surface area contributed by atoms with E-state index in [0.29, 0.717) is 55.3 Å². The van der Waals surface area contributed by atoms with Crippen LogP contribution in [0, 0.1) is 0 Å². The first-order chi connectivity index (χ1) is 18.1. The number of pyridine rings is 3. The molecular formula is C26H21F6N5O. The van der Waals surface area contributed by atoms with Gasteiger partial charge in [0, 0.05) is 36.9 Å². The average Bonchev–Trinajstić information content (AvgIpc) is 2.88. The Morgan fingerprint density at radius 2 is 1.61 bits per heavy atom. The second-order valence-corrected chi connectivity index (χ2v) is 8.71. The average molecular weight is 533 g/mol. The van der Waals surface area contributed by atoms with Crippen molar-refractivity contribution in [1.82, 2.24) is 19.9 Å². The number of hydrogen-bond acceptors (Lipinski definition) is 6. The minimum Gasteiger partial charge on any atom is -0.379 e. The van der Waals surface area contributed by atoms with Gasteiger partial charge >= 0.3 is 12.4 Å². The number of benzene rings is 1. The summed E-state index contributed by atoms with van der Waals surface area (Å²) in [5, 5.41) is 3.60. The largest absolute Gasteiger partial charge is 0.418 e. The molecule has 1 aromatic carbocycles. The van der Waals surface area contributed by atoms with E-state index in [4.69, 9.17) is 4.74 Å². The number of rotatable bonds is 5. The van der Waals surface area contributed by atoms with E-state index in [1.165, 1.54) is 30.5 Å². The summed E-state index contributed by atoms with van der Waals surface area (Å²) in [5.74, 6) is 0. The van der Waals surface area contributed by atoms with Crippen LogP contribution in [0.4, 0.5) is 37.7 Å². The third kappa shape index (κ3) is 5.70. The number of hydrogen-bond donors (Lipinski definition) is 1. The van der Waals surface area contributed by atoms with Gasteiger partial charge in [-0.1, -0.05) is 0 Å². The van der Waals surface area contributed by atoms with Gasteiger partial charge in [-0.15, -0.1) is 0 Å². The van der Waals surface area contributed by atoms with E-state index in [9.17, 15) is 26.3 Å². The maximum atomic E-state index is 13.6. The molecule has 198 valence electrons. The Labute approximate surface area is 213 Å². The summed E-state index contributed by atoms with van der Waals surface area (Å²) in [6.45, 7) is 2.92. The SMILES string of the molecule is FC(F)(F)c1ccc(Nc2cc(CN3CCOCC3)nc3nc(-c4ncccc4C(F)(F)F)ccc23)cc1. The molecule has 1 fully saturated rings. The van der Waals surface area contributed by atoms with Gasteiger partial charge in [-0.25, -0.2) is 9.97 Å². The molecule has 12 heteroatoms. The summed E-state index contributed by atoms with van der Waals surface area (Å²) in [7, 11) is 0. The zero-order chi connectivity index (χ0) is 26.9. The van der Waals surface area contributed by atoms with Gasteiger partial charge in [-0.3, -0.25) is 9.88 Å². The molecule has 0 bridgehead atoms. The predicted octanol–water partition coefficient (Wildman–Crippen LogP) is 6.31. The molecule has 3 aromatic heterocycles. The standard InChI is InChI=1S/C26H21F6N5O/c27-25(28,29)16-3-5-17(6-4-16)34-22-14-18(15-37-10-12-38-13-11-37)35-24-19(22)7-8-21(36-24)23-20(26(30,31)32)2-1-9-33-23/h1-9,14H,10-13,15H2,(H,34,35,36). The molecule has 1 aliphatic rings. The van der Waals surface area contributed by atoms with Crippen molar-refractivity contribution in [3.05, 3.63) is 77.6 Å². The van der Waals surface area contributed by atoms with Crippen LogP contribution >= 0.6 is 0 Å². The Morgan fingerprint density at radius 1 is 0.868 bits per heavy atom. The summed E-state index contributed by atoms with van der Waals surface area (Å²) in [6.07, 6.45) is -7.83.